The maximum Gasteiger partial charge on any atom is 0.243 e. The third kappa shape index (κ3) is 6.06. The van der Waals surface area contributed by atoms with Gasteiger partial charge >= 0.3 is 0 Å². The third-order valence-electron chi connectivity index (χ3n) is 5.84. The summed E-state index contributed by atoms with van der Waals surface area (Å²) in [5.41, 5.74) is 1.90. The van der Waals surface area contributed by atoms with Crippen LogP contribution in [0.15, 0.2) is 47.4 Å². The fourth-order valence-electron chi connectivity index (χ4n) is 3.99. The van der Waals surface area contributed by atoms with Crippen molar-refractivity contribution in [1.29, 1.82) is 0 Å². The summed E-state index contributed by atoms with van der Waals surface area (Å²) in [6.07, 6.45) is 1.31. The highest BCUT2D eigenvalue weighted by atomic mass is 32.2. The van der Waals surface area contributed by atoms with Crippen molar-refractivity contribution >= 4 is 15.9 Å². The highest BCUT2D eigenvalue weighted by molar-refractivity contribution is 7.89. The van der Waals surface area contributed by atoms with Crippen LogP contribution in [0.3, 0.4) is 0 Å². The number of amides is 1. The molecule has 0 saturated carbocycles. The number of rotatable bonds is 9. The van der Waals surface area contributed by atoms with E-state index in [4.69, 9.17) is 9.47 Å². The topological polar surface area (TPSA) is 84.9 Å². The second-order valence-corrected chi connectivity index (χ2v) is 10.3. The molecule has 1 aliphatic heterocycles. The second-order valence-electron chi connectivity index (χ2n) is 8.32. The molecule has 1 saturated heterocycles. The van der Waals surface area contributed by atoms with E-state index in [1.165, 1.54) is 4.31 Å². The van der Waals surface area contributed by atoms with Crippen LogP contribution in [0.2, 0.25) is 0 Å². The Hall–Kier alpha value is -2.58. The lowest BCUT2D eigenvalue weighted by Gasteiger charge is -2.32. The van der Waals surface area contributed by atoms with E-state index in [0.717, 1.165) is 11.1 Å². The van der Waals surface area contributed by atoms with E-state index in [1.54, 1.807) is 24.3 Å². The molecule has 0 bridgehead atoms. The molecular formula is C25H34N2O5S. The fourth-order valence-corrected chi connectivity index (χ4v) is 5.51. The predicted molar refractivity (Wildman–Crippen MR) is 128 cm³/mol. The molecule has 0 spiro atoms. The molecule has 1 N–H and O–H groups in total. The monoisotopic (exact) mass is 474 g/mol. The predicted octanol–water partition coefficient (Wildman–Crippen LogP) is 4.07. The second kappa shape index (κ2) is 11.0. The van der Waals surface area contributed by atoms with Crippen molar-refractivity contribution < 1.29 is 22.7 Å². The molecule has 2 aromatic carbocycles. The Morgan fingerprint density at radius 2 is 1.76 bits per heavy atom. The van der Waals surface area contributed by atoms with Gasteiger partial charge in [0.25, 0.3) is 0 Å². The average molecular weight is 475 g/mol. The number of ether oxygens (including phenoxy) is 2. The standard InChI is InChI=1S/C25H34N2O5S/c1-5-31-23-14-11-20(16-24(23)32-6-2)19(4)26-25(28)21-8-7-15-27(17-21)33(29,30)22-12-9-18(3)10-13-22/h9-14,16,19,21H,5-8,15,17H2,1-4H3,(H,26,28)/t19-,21+/m0/s1. The molecule has 0 aromatic heterocycles. The number of nitrogens with one attached hydrogen (secondary N) is 1. The first kappa shape index (κ1) is 25.1. The Bertz CT molecular complexity index is 1050. The number of hydrogen-bond donors (Lipinski definition) is 1. The molecule has 0 unspecified atom stereocenters. The van der Waals surface area contributed by atoms with Crippen LogP contribution in [0.25, 0.3) is 0 Å². The number of aryl methyl sites for hydroxylation is 1. The summed E-state index contributed by atoms with van der Waals surface area (Å²) in [4.78, 5) is 13.3. The molecule has 0 radical (unpaired) electrons. The normalized spacial score (nSPS) is 17.9. The van der Waals surface area contributed by atoms with Crippen LogP contribution in [0.1, 0.15) is 50.8 Å². The van der Waals surface area contributed by atoms with Gasteiger partial charge in [0.15, 0.2) is 11.5 Å². The molecule has 180 valence electrons. The molecule has 8 heteroatoms. The van der Waals surface area contributed by atoms with Gasteiger partial charge in [0.2, 0.25) is 15.9 Å². The molecule has 0 aliphatic carbocycles. The lowest BCUT2D eigenvalue weighted by Crippen LogP contribution is -2.45. The van der Waals surface area contributed by atoms with Gasteiger partial charge in [-0.3, -0.25) is 4.79 Å². The zero-order valence-corrected chi connectivity index (χ0v) is 20.7. The fraction of sp³-hybridized carbons (Fsp3) is 0.480. The van der Waals surface area contributed by atoms with Gasteiger partial charge in [-0.05, 0) is 70.4 Å². The number of nitrogens with zero attached hydrogens (tertiary/aromatic N) is 1. The van der Waals surface area contributed by atoms with Gasteiger partial charge in [0.1, 0.15) is 0 Å². The molecule has 7 nitrogen and oxygen atoms in total. The van der Waals surface area contributed by atoms with Gasteiger partial charge in [0, 0.05) is 13.1 Å². The number of carbonyl (C=O) groups is 1. The Balaban J connectivity index is 1.68. The van der Waals surface area contributed by atoms with Gasteiger partial charge < -0.3 is 14.8 Å². The summed E-state index contributed by atoms with van der Waals surface area (Å²) in [5, 5.41) is 3.05. The number of sulfonamides is 1. The van der Waals surface area contributed by atoms with Gasteiger partial charge in [-0.15, -0.1) is 0 Å². The summed E-state index contributed by atoms with van der Waals surface area (Å²) < 4.78 is 38.9. The van der Waals surface area contributed by atoms with Crippen LogP contribution >= 0.6 is 0 Å². The van der Waals surface area contributed by atoms with Crippen molar-refractivity contribution in [1.82, 2.24) is 9.62 Å². The molecule has 33 heavy (non-hydrogen) atoms. The minimum Gasteiger partial charge on any atom is -0.490 e. The third-order valence-corrected chi connectivity index (χ3v) is 7.72. The number of benzene rings is 2. The van der Waals surface area contributed by atoms with Gasteiger partial charge in [-0.1, -0.05) is 23.8 Å². The van der Waals surface area contributed by atoms with E-state index in [0.29, 0.717) is 44.1 Å². The van der Waals surface area contributed by atoms with Crippen LogP contribution in [0.5, 0.6) is 11.5 Å². The van der Waals surface area contributed by atoms with E-state index < -0.39 is 15.9 Å². The summed E-state index contributed by atoms with van der Waals surface area (Å²) >= 11 is 0. The van der Waals surface area contributed by atoms with E-state index in [-0.39, 0.29) is 23.4 Å². The van der Waals surface area contributed by atoms with Gasteiger partial charge in [-0.2, -0.15) is 4.31 Å². The number of carbonyl (C=O) groups excluding carboxylic acids is 1. The smallest absolute Gasteiger partial charge is 0.243 e. The number of hydrogen-bond acceptors (Lipinski definition) is 5. The lowest BCUT2D eigenvalue weighted by atomic mass is 9.98. The maximum atomic E-state index is 13.1. The van der Waals surface area contributed by atoms with E-state index in [9.17, 15) is 13.2 Å². The summed E-state index contributed by atoms with van der Waals surface area (Å²) in [7, 11) is -3.63. The van der Waals surface area contributed by atoms with Crippen LogP contribution in [-0.2, 0) is 14.8 Å². The Morgan fingerprint density at radius 3 is 2.42 bits per heavy atom. The van der Waals surface area contributed by atoms with Crippen molar-refractivity contribution in [3.63, 3.8) is 0 Å². The van der Waals surface area contributed by atoms with Gasteiger partial charge in [-0.25, -0.2) is 8.42 Å². The Kier molecular flexibility index (Phi) is 8.37. The number of piperidine rings is 1. The van der Waals surface area contributed by atoms with Crippen LogP contribution < -0.4 is 14.8 Å². The lowest BCUT2D eigenvalue weighted by molar-refractivity contribution is -0.126. The first-order chi connectivity index (χ1) is 15.8. The van der Waals surface area contributed by atoms with Crippen molar-refractivity contribution in [3.05, 3.63) is 53.6 Å². The zero-order chi connectivity index (χ0) is 24.0. The first-order valence-corrected chi connectivity index (χ1v) is 13.0. The minimum atomic E-state index is -3.63. The highest BCUT2D eigenvalue weighted by Crippen LogP contribution is 2.31. The Labute approximate surface area is 197 Å². The van der Waals surface area contributed by atoms with Crippen molar-refractivity contribution in [2.24, 2.45) is 5.92 Å². The van der Waals surface area contributed by atoms with Crippen molar-refractivity contribution in [2.75, 3.05) is 26.3 Å². The zero-order valence-electron chi connectivity index (χ0n) is 19.8. The first-order valence-electron chi connectivity index (χ1n) is 11.5. The van der Waals surface area contributed by atoms with Crippen molar-refractivity contribution in [2.45, 2.75) is 51.5 Å². The molecule has 2 aromatic rings. The van der Waals surface area contributed by atoms with Crippen molar-refractivity contribution in [3.8, 4) is 11.5 Å². The molecule has 1 amide bonds. The van der Waals surface area contributed by atoms with Crippen LogP contribution in [-0.4, -0.2) is 44.9 Å². The molecule has 2 atom stereocenters. The largest absolute Gasteiger partial charge is 0.490 e. The summed E-state index contributed by atoms with van der Waals surface area (Å²) in [6.45, 7) is 9.31. The highest BCUT2D eigenvalue weighted by Gasteiger charge is 2.33. The minimum absolute atomic E-state index is 0.141. The van der Waals surface area contributed by atoms with E-state index in [1.807, 2.05) is 45.9 Å². The molecular weight excluding hydrogens is 440 g/mol. The summed E-state index contributed by atoms with van der Waals surface area (Å²) in [5.74, 6) is 0.783. The van der Waals surface area contributed by atoms with Crippen LogP contribution in [0, 0.1) is 12.8 Å². The quantitative estimate of drug-likeness (QED) is 0.592. The van der Waals surface area contributed by atoms with Crippen LogP contribution in [0.4, 0.5) is 0 Å². The maximum absolute atomic E-state index is 13.1. The Morgan fingerprint density at radius 1 is 1.09 bits per heavy atom. The summed E-state index contributed by atoms with van der Waals surface area (Å²) in [6, 6.07) is 12.2. The molecule has 1 aliphatic rings. The molecule has 1 heterocycles. The van der Waals surface area contributed by atoms with E-state index >= 15 is 0 Å². The molecule has 3 rings (SSSR count). The average Bonchev–Trinajstić information content (AvgIpc) is 2.81. The molecule has 1 fully saturated rings. The van der Waals surface area contributed by atoms with Gasteiger partial charge in [0.05, 0.1) is 30.1 Å². The SMILES string of the molecule is CCOc1ccc([C@H](C)NC(=O)[C@@H]2CCCN(S(=O)(=O)c3ccc(C)cc3)C2)cc1OCC. The van der Waals surface area contributed by atoms with E-state index in [2.05, 4.69) is 5.32 Å².